The molecular weight excluding hydrogens is 220 g/mol. The van der Waals surface area contributed by atoms with Crippen molar-refractivity contribution in [2.45, 2.75) is 25.9 Å². The van der Waals surface area contributed by atoms with Crippen LogP contribution in [0.4, 0.5) is 0 Å². The Kier molecular flexibility index (Phi) is 5.96. The Balaban J connectivity index is 2.57. The molecule has 0 saturated carbocycles. The van der Waals surface area contributed by atoms with Crippen molar-refractivity contribution in [3.8, 4) is 0 Å². The molecule has 1 rings (SSSR count). The van der Waals surface area contributed by atoms with Gasteiger partial charge in [-0.25, -0.2) is 0 Å². The second-order valence-corrected chi connectivity index (χ2v) is 3.95. The molecule has 1 N–H and O–H groups in total. The zero-order chi connectivity index (χ0) is 11.8. The lowest BCUT2D eigenvalue weighted by atomic mass is 10.2. The van der Waals surface area contributed by atoms with Crippen molar-refractivity contribution in [1.82, 2.24) is 10.3 Å². The fourth-order valence-corrected chi connectivity index (χ4v) is 1.69. The molecule has 4 heteroatoms. The van der Waals surface area contributed by atoms with Crippen LogP contribution in [0.15, 0.2) is 24.4 Å². The molecule has 1 heterocycles. The second kappa shape index (κ2) is 7.30. The lowest BCUT2D eigenvalue weighted by molar-refractivity contribution is 0.153. The van der Waals surface area contributed by atoms with E-state index in [2.05, 4.69) is 17.2 Å². The summed E-state index contributed by atoms with van der Waals surface area (Å²) < 4.78 is 5.36. The summed E-state index contributed by atoms with van der Waals surface area (Å²) in [7, 11) is 1.65. The van der Waals surface area contributed by atoms with E-state index in [1.165, 1.54) is 0 Å². The van der Waals surface area contributed by atoms with Crippen LogP contribution >= 0.6 is 12.2 Å². The molecule has 1 aromatic rings. The van der Waals surface area contributed by atoms with Gasteiger partial charge in [-0.1, -0.05) is 31.6 Å². The van der Waals surface area contributed by atoms with E-state index >= 15 is 0 Å². The largest absolute Gasteiger partial charge is 0.377 e. The van der Waals surface area contributed by atoms with E-state index in [1.807, 2.05) is 18.2 Å². The van der Waals surface area contributed by atoms with Crippen LogP contribution < -0.4 is 5.32 Å². The molecule has 0 radical (unpaired) electrons. The van der Waals surface area contributed by atoms with Gasteiger partial charge in [0.1, 0.15) is 11.1 Å². The molecule has 0 aromatic carbocycles. The number of aromatic nitrogens is 1. The van der Waals surface area contributed by atoms with E-state index in [9.17, 15) is 0 Å². The molecule has 1 atom stereocenters. The van der Waals surface area contributed by atoms with Gasteiger partial charge in [0.2, 0.25) is 0 Å². The zero-order valence-corrected chi connectivity index (χ0v) is 10.6. The Morgan fingerprint density at radius 3 is 2.94 bits per heavy atom. The van der Waals surface area contributed by atoms with Crippen LogP contribution in [0.3, 0.4) is 0 Å². The highest BCUT2D eigenvalue weighted by atomic mass is 32.1. The van der Waals surface area contributed by atoms with Gasteiger partial charge in [0.25, 0.3) is 0 Å². The Hall–Kier alpha value is -1.00. The van der Waals surface area contributed by atoms with Crippen molar-refractivity contribution >= 4 is 17.2 Å². The monoisotopic (exact) mass is 238 g/mol. The molecule has 88 valence electrons. The average molecular weight is 238 g/mol. The first-order valence-corrected chi connectivity index (χ1v) is 5.91. The first kappa shape index (κ1) is 13.1. The third kappa shape index (κ3) is 3.87. The van der Waals surface area contributed by atoms with Gasteiger partial charge in [0.05, 0.1) is 5.69 Å². The lowest BCUT2D eigenvalue weighted by Crippen LogP contribution is -2.29. The highest BCUT2D eigenvalue weighted by Crippen LogP contribution is 2.14. The number of nitrogens with zero attached hydrogens (tertiary/aromatic N) is 1. The summed E-state index contributed by atoms with van der Waals surface area (Å²) in [4.78, 5) is 4.95. The average Bonchev–Trinajstić information content (AvgIpc) is 2.32. The number of hydrogen-bond donors (Lipinski definition) is 1. The quantitative estimate of drug-likeness (QED) is 0.610. The molecular formula is C12H18N2OS. The number of methoxy groups -OCH3 is 1. The Bertz CT molecular complexity index is 316. The molecule has 1 aromatic heterocycles. The number of ether oxygens (including phenoxy) is 1. The van der Waals surface area contributed by atoms with E-state index < -0.39 is 0 Å². The van der Waals surface area contributed by atoms with Gasteiger partial charge in [-0.05, 0) is 18.6 Å². The summed E-state index contributed by atoms with van der Waals surface area (Å²) in [5.74, 6) is 0. The second-order valence-electron chi connectivity index (χ2n) is 3.51. The summed E-state index contributed by atoms with van der Waals surface area (Å²) in [6.45, 7) is 3.04. The van der Waals surface area contributed by atoms with Crippen molar-refractivity contribution in [2.24, 2.45) is 0 Å². The third-order valence-electron chi connectivity index (χ3n) is 2.26. The summed E-state index contributed by atoms with van der Waals surface area (Å²) >= 11 is 5.29. The van der Waals surface area contributed by atoms with Gasteiger partial charge in [0, 0.05) is 19.9 Å². The van der Waals surface area contributed by atoms with Crippen LogP contribution in [-0.4, -0.2) is 23.6 Å². The first-order valence-electron chi connectivity index (χ1n) is 5.51. The molecule has 1 unspecified atom stereocenters. The number of unbranched alkanes of at least 4 members (excludes halogenated alkanes) is 1. The van der Waals surface area contributed by atoms with E-state index in [0.717, 1.165) is 25.1 Å². The molecule has 0 bridgehead atoms. The van der Waals surface area contributed by atoms with Crippen LogP contribution in [0.1, 0.15) is 31.6 Å². The minimum Gasteiger partial charge on any atom is -0.377 e. The highest BCUT2D eigenvalue weighted by Gasteiger charge is 2.16. The van der Waals surface area contributed by atoms with E-state index in [1.54, 1.807) is 13.3 Å². The van der Waals surface area contributed by atoms with Crippen LogP contribution in [-0.2, 0) is 4.74 Å². The van der Waals surface area contributed by atoms with Gasteiger partial charge >= 0.3 is 0 Å². The van der Waals surface area contributed by atoms with Crippen LogP contribution in [0.25, 0.3) is 0 Å². The predicted molar refractivity (Wildman–Crippen MR) is 69.5 cm³/mol. The maximum atomic E-state index is 5.36. The number of thiocarbonyl (C=S) groups is 1. The molecule has 0 amide bonds. The zero-order valence-electron chi connectivity index (χ0n) is 9.77. The number of hydrogen-bond acceptors (Lipinski definition) is 3. The standard InChI is InChI=1S/C12H18N2OS/c1-3-4-8-14-12(16)11(15-2)10-7-5-6-9-13-10/h5-7,9,11H,3-4,8H2,1-2H3,(H,14,16). The van der Waals surface area contributed by atoms with E-state index in [0.29, 0.717) is 4.99 Å². The van der Waals surface area contributed by atoms with Crippen LogP contribution in [0.5, 0.6) is 0 Å². The lowest BCUT2D eigenvalue weighted by Gasteiger charge is -2.17. The Morgan fingerprint density at radius 2 is 2.38 bits per heavy atom. The van der Waals surface area contributed by atoms with Gasteiger partial charge in [-0.3, -0.25) is 4.98 Å². The SMILES string of the molecule is CCCCNC(=S)C(OC)c1ccccn1. The predicted octanol–water partition coefficient (Wildman–Crippen LogP) is 2.49. The molecule has 0 saturated heterocycles. The van der Waals surface area contributed by atoms with Crippen molar-refractivity contribution < 1.29 is 4.74 Å². The summed E-state index contributed by atoms with van der Waals surface area (Å²) in [6.07, 6.45) is 3.76. The molecule has 0 spiro atoms. The van der Waals surface area contributed by atoms with Gasteiger partial charge in [0.15, 0.2) is 0 Å². The third-order valence-corrected chi connectivity index (χ3v) is 2.62. The molecule has 0 aliphatic rings. The molecule has 0 aliphatic heterocycles. The molecule has 16 heavy (non-hydrogen) atoms. The Morgan fingerprint density at radius 1 is 1.56 bits per heavy atom. The minimum absolute atomic E-state index is 0.243. The first-order chi connectivity index (χ1) is 7.79. The van der Waals surface area contributed by atoms with E-state index in [-0.39, 0.29) is 6.10 Å². The van der Waals surface area contributed by atoms with Gasteiger partial charge < -0.3 is 10.1 Å². The fraction of sp³-hybridized carbons (Fsp3) is 0.500. The summed E-state index contributed by atoms with van der Waals surface area (Å²) in [5.41, 5.74) is 0.846. The summed E-state index contributed by atoms with van der Waals surface area (Å²) in [5, 5.41) is 3.20. The molecule has 0 aliphatic carbocycles. The van der Waals surface area contributed by atoms with E-state index in [4.69, 9.17) is 17.0 Å². The normalized spacial score (nSPS) is 12.1. The van der Waals surface area contributed by atoms with Crippen molar-refractivity contribution in [3.63, 3.8) is 0 Å². The Labute approximate surface area is 102 Å². The van der Waals surface area contributed by atoms with Crippen LogP contribution in [0.2, 0.25) is 0 Å². The van der Waals surface area contributed by atoms with Crippen molar-refractivity contribution in [2.75, 3.05) is 13.7 Å². The number of rotatable bonds is 6. The molecule has 3 nitrogen and oxygen atoms in total. The smallest absolute Gasteiger partial charge is 0.149 e. The topological polar surface area (TPSA) is 34.1 Å². The fourth-order valence-electron chi connectivity index (χ4n) is 1.37. The van der Waals surface area contributed by atoms with Crippen LogP contribution in [0, 0.1) is 0 Å². The number of pyridine rings is 1. The van der Waals surface area contributed by atoms with Gasteiger partial charge in [-0.2, -0.15) is 0 Å². The molecule has 0 fully saturated rings. The van der Waals surface area contributed by atoms with Crippen molar-refractivity contribution in [1.29, 1.82) is 0 Å². The van der Waals surface area contributed by atoms with Crippen molar-refractivity contribution in [3.05, 3.63) is 30.1 Å². The minimum atomic E-state index is -0.243. The highest BCUT2D eigenvalue weighted by molar-refractivity contribution is 7.80. The number of nitrogens with one attached hydrogen (secondary N) is 1. The maximum absolute atomic E-state index is 5.36. The van der Waals surface area contributed by atoms with Gasteiger partial charge in [-0.15, -0.1) is 0 Å². The summed E-state index contributed by atoms with van der Waals surface area (Å²) in [6, 6.07) is 5.73. The maximum Gasteiger partial charge on any atom is 0.149 e.